The third-order valence-corrected chi connectivity index (χ3v) is 6.51. The number of aromatic nitrogens is 5. The molecule has 0 aliphatic carbocycles. The van der Waals surface area contributed by atoms with E-state index in [-0.39, 0.29) is 0 Å². The summed E-state index contributed by atoms with van der Waals surface area (Å²) in [6.07, 6.45) is 7.91. The zero-order valence-electron chi connectivity index (χ0n) is 18.5. The van der Waals surface area contributed by atoms with Crippen LogP contribution in [0, 0.1) is 0 Å². The third kappa shape index (κ3) is 4.11. The van der Waals surface area contributed by atoms with E-state index >= 15 is 0 Å². The highest BCUT2D eigenvalue weighted by atomic mass is 35.5. The van der Waals surface area contributed by atoms with Gasteiger partial charge in [-0.25, -0.2) is 4.98 Å². The van der Waals surface area contributed by atoms with E-state index < -0.39 is 0 Å². The minimum absolute atomic E-state index is 0.436. The maximum Gasteiger partial charge on any atom is 0.226 e. The van der Waals surface area contributed by atoms with Gasteiger partial charge in [0, 0.05) is 46.1 Å². The number of hydrogen-bond acceptors (Lipinski definition) is 4. The Hall–Kier alpha value is -3.87. The lowest BCUT2D eigenvalue weighted by atomic mass is 10.1. The molecule has 0 unspecified atom stereocenters. The molecule has 8 heteroatoms. The van der Waals surface area contributed by atoms with Crippen LogP contribution in [0.1, 0.15) is 5.56 Å². The SMILES string of the molecule is Clc1ccc(-n2nc3c(cnc4ccc(-n5ccnc5)cc43)c2OCCc2ccccc2Cl)cc1. The van der Waals surface area contributed by atoms with Crippen LogP contribution in [0.15, 0.2) is 91.6 Å². The zero-order valence-corrected chi connectivity index (χ0v) is 20.0. The summed E-state index contributed by atoms with van der Waals surface area (Å²) in [5, 5.41) is 8.11. The molecular weight excluding hydrogens is 481 g/mol. The van der Waals surface area contributed by atoms with Crippen molar-refractivity contribution >= 4 is 45.0 Å². The molecule has 0 aliphatic rings. The van der Waals surface area contributed by atoms with E-state index in [2.05, 4.69) is 11.1 Å². The Morgan fingerprint density at radius 3 is 2.51 bits per heavy atom. The molecule has 0 aliphatic heterocycles. The summed E-state index contributed by atoms with van der Waals surface area (Å²) < 4.78 is 10.1. The van der Waals surface area contributed by atoms with Crippen LogP contribution in [0.5, 0.6) is 5.88 Å². The fraction of sp³-hybridized carbons (Fsp3) is 0.0741. The smallest absolute Gasteiger partial charge is 0.226 e. The van der Waals surface area contributed by atoms with Gasteiger partial charge in [-0.1, -0.05) is 41.4 Å². The molecule has 35 heavy (non-hydrogen) atoms. The summed E-state index contributed by atoms with van der Waals surface area (Å²) in [6, 6.07) is 21.4. The summed E-state index contributed by atoms with van der Waals surface area (Å²) in [4.78, 5) is 8.85. The van der Waals surface area contributed by atoms with E-state index in [1.54, 1.807) is 17.2 Å². The fourth-order valence-electron chi connectivity index (χ4n) is 4.12. The standard InChI is InChI=1S/C27H19Cl2N5O/c28-19-5-7-20(8-6-19)34-27(35-14-11-18-3-1-2-4-24(18)29)23-16-31-25-10-9-21(33-13-12-30-17-33)15-22(25)26(23)32-34/h1-10,12-13,15-17H,11,14H2. The predicted molar refractivity (Wildman–Crippen MR) is 139 cm³/mol. The van der Waals surface area contributed by atoms with E-state index in [1.807, 2.05) is 77.6 Å². The molecule has 0 amide bonds. The van der Waals surface area contributed by atoms with E-state index in [0.29, 0.717) is 23.9 Å². The maximum absolute atomic E-state index is 6.34. The predicted octanol–water partition coefficient (Wildman–Crippen LogP) is 6.69. The highest BCUT2D eigenvalue weighted by Gasteiger charge is 2.18. The Kier molecular flexibility index (Phi) is 5.60. The third-order valence-electron chi connectivity index (χ3n) is 5.89. The van der Waals surface area contributed by atoms with Crippen LogP contribution in [0.25, 0.3) is 33.2 Å². The summed E-state index contributed by atoms with van der Waals surface area (Å²) in [6.45, 7) is 0.436. The topological polar surface area (TPSA) is 57.8 Å². The second kappa shape index (κ2) is 9.06. The number of hydrogen-bond donors (Lipinski definition) is 0. The van der Waals surface area contributed by atoms with Crippen molar-refractivity contribution in [2.75, 3.05) is 6.61 Å². The highest BCUT2D eigenvalue weighted by Crippen LogP contribution is 2.34. The number of pyridine rings is 1. The Morgan fingerprint density at radius 1 is 0.886 bits per heavy atom. The van der Waals surface area contributed by atoms with Crippen molar-refractivity contribution in [1.29, 1.82) is 0 Å². The minimum atomic E-state index is 0.436. The van der Waals surface area contributed by atoms with E-state index in [4.69, 9.17) is 38.0 Å². The van der Waals surface area contributed by atoms with E-state index in [0.717, 1.165) is 43.8 Å². The molecule has 3 aromatic carbocycles. The van der Waals surface area contributed by atoms with Crippen LogP contribution < -0.4 is 4.74 Å². The van der Waals surface area contributed by atoms with Gasteiger partial charge in [0.05, 0.1) is 29.5 Å². The lowest BCUT2D eigenvalue weighted by Crippen LogP contribution is -2.07. The van der Waals surface area contributed by atoms with Crippen molar-refractivity contribution in [2.45, 2.75) is 6.42 Å². The molecular formula is C27H19Cl2N5O. The quantitative estimate of drug-likeness (QED) is 0.256. The normalized spacial score (nSPS) is 11.4. The lowest BCUT2D eigenvalue weighted by molar-refractivity contribution is 0.303. The number of halogens is 2. The fourth-order valence-corrected chi connectivity index (χ4v) is 4.47. The Bertz CT molecular complexity index is 1640. The second-order valence-electron chi connectivity index (χ2n) is 8.08. The van der Waals surface area contributed by atoms with Crippen LogP contribution in [0.3, 0.4) is 0 Å². The average Bonchev–Trinajstić information content (AvgIpc) is 3.54. The van der Waals surface area contributed by atoms with E-state index in [1.165, 1.54) is 0 Å². The number of ether oxygens (including phenoxy) is 1. The molecule has 0 spiro atoms. The largest absolute Gasteiger partial charge is 0.477 e. The van der Waals surface area contributed by atoms with Gasteiger partial charge in [0.1, 0.15) is 5.52 Å². The molecule has 3 heterocycles. The van der Waals surface area contributed by atoms with Crippen molar-refractivity contribution < 1.29 is 4.74 Å². The van der Waals surface area contributed by atoms with Crippen molar-refractivity contribution in [3.8, 4) is 17.3 Å². The van der Waals surface area contributed by atoms with Crippen LogP contribution in [-0.2, 0) is 6.42 Å². The molecule has 0 saturated carbocycles. The Labute approximate surface area is 211 Å². The molecule has 0 N–H and O–H groups in total. The number of imidazole rings is 1. The molecule has 0 atom stereocenters. The Morgan fingerprint density at radius 2 is 1.71 bits per heavy atom. The molecule has 6 aromatic rings. The van der Waals surface area contributed by atoms with Gasteiger partial charge in [0.2, 0.25) is 5.88 Å². The van der Waals surface area contributed by atoms with Crippen LogP contribution in [-0.4, -0.2) is 30.9 Å². The molecule has 6 nitrogen and oxygen atoms in total. The lowest BCUT2D eigenvalue weighted by Gasteiger charge is -2.10. The van der Waals surface area contributed by atoms with Crippen molar-refractivity contribution in [3.05, 3.63) is 107 Å². The van der Waals surface area contributed by atoms with Gasteiger partial charge < -0.3 is 9.30 Å². The Balaban J connectivity index is 1.47. The van der Waals surface area contributed by atoms with Crippen molar-refractivity contribution in [2.24, 2.45) is 0 Å². The highest BCUT2D eigenvalue weighted by molar-refractivity contribution is 6.31. The second-order valence-corrected chi connectivity index (χ2v) is 8.92. The molecule has 172 valence electrons. The van der Waals surface area contributed by atoms with Crippen LogP contribution in [0.4, 0.5) is 0 Å². The number of nitrogens with zero attached hydrogens (tertiary/aromatic N) is 5. The molecule has 3 aromatic heterocycles. The first kappa shape index (κ1) is 21.6. The molecule has 0 saturated heterocycles. The summed E-state index contributed by atoms with van der Waals surface area (Å²) >= 11 is 12.5. The monoisotopic (exact) mass is 499 g/mol. The first-order valence-electron chi connectivity index (χ1n) is 11.1. The average molecular weight is 500 g/mol. The molecule has 6 rings (SSSR count). The minimum Gasteiger partial charge on any atom is -0.477 e. The summed E-state index contributed by atoms with van der Waals surface area (Å²) in [5.74, 6) is 0.622. The van der Waals surface area contributed by atoms with Crippen LogP contribution in [0.2, 0.25) is 10.0 Å². The van der Waals surface area contributed by atoms with Gasteiger partial charge in [-0.15, -0.1) is 0 Å². The first-order chi connectivity index (χ1) is 17.2. The molecule has 0 bridgehead atoms. The van der Waals surface area contributed by atoms with E-state index in [9.17, 15) is 0 Å². The van der Waals surface area contributed by atoms with Gasteiger partial charge in [-0.3, -0.25) is 4.98 Å². The molecule has 0 fully saturated rings. The number of benzene rings is 3. The van der Waals surface area contributed by atoms with Gasteiger partial charge in [-0.2, -0.15) is 9.78 Å². The first-order valence-corrected chi connectivity index (χ1v) is 11.8. The zero-order chi connectivity index (χ0) is 23.8. The van der Waals surface area contributed by atoms with Gasteiger partial charge in [0.25, 0.3) is 0 Å². The van der Waals surface area contributed by atoms with Gasteiger partial charge in [-0.05, 0) is 54.1 Å². The maximum atomic E-state index is 6.34. The van der Waals surface area contributed by atoms with Crippen molar-refractivity contribution in [1.82, 2.24) is 24.3 Å². The molecule has 0 radical (unpaired) electrons. The van der Waals surface area contributed by atoms with Gasteiger partial charge in [0.15, 0.2) is 0 Å². The summed E-state index contributed by atoms with van der Waals surface area (Å²) in [5.41, 5.74) is 4.51. The van der Waals surface area contributed by atoms with Crippen molar-refractivity contribution in [3.63, 3.8) is 0 Å². The summed E-state index contributed by atoms with van der Waals surface area (Å²) in [7, 11) is 0. The van der Waals surface area contributed by atoms with Gasteiger partial charge >= 0.3 is 0 Å². The van der Waals surface area contributed by atoms with Crippen LogP contribution >= 0.6 is 23.2 Å². The number of rotatable bonds is 6. The number of fused-ring (bicyclic) bond motifs is 3.